The Morgan fingerprint density at radius 3 is 2.71 bits per heavy atom. The van der Waals surface area contributed by atoms with Crippen molar-refractivity contribution in [1.29, 1.82) is 0 Å². The highest BCUT2D eigenvalue weighted by Gasteiger charge is 2.24. The van der Waals surface area contributed by atoms with Gasteiger partial charge in [-0.05, 0) is 47.8 Å². The summed E-state index contributed by atoms with van der Waals surface area (Å²) in [4.78, 5) is 22.4. The number of halogens is 1. The fourth-order valence-corrected chi connectivity index (χ4v) is 3.40. The molecule has 0 atom stereocenters. The quantitative estimate of drug-likeness (QED) is 0.609. The van der Waals surface area contributed by atoms with Crippen LogP contribution in [0.1, 0.15) is 34.6 Å². The Morgan fingerprint density at radius 2 is 2.05 bits per heavy atom. The van der Waals surface area contributed by atoms with E-state index in [0.717, 1.165) is 35.5 Å². The van der Waals surface area contributed by atoms with Gasteiger partial charge in [-0.1, -0.05) is 0 Å². The first-order valence-electron chi connectivity index (χ1n) is 6.68. The number of benzene rings is 1. The Morgan fingerprint density at radius 1 is 1.29 bits per heavy atom. The summed E-state index contributed by atoms with van der Waals surface area (Å²) < 4.78 is 2.66. The Hall–Kier alpha value is -1.95. The zero-order chi connectivity index (χ0) is 15.1. The average molecular weight is 349 g/mol. The summed E-state index contributed by atoms with van der Waals surface area (Å²) in [6.45, 7) is 1.94. The molecule has 6 heteroatoms. The number of fused-ring (bicyclic) bond motifs is 1. The fraction of sp³-hybridized carbons (Fsp3) is 0.267. The van der Waals surface area contributed by atoms with Crippen molar-refractivity contribution in [2.75, 3.05) is 0 Å². The number of non-ortho nitro benzene ring substituents is 1. The van der Waals surface area contributed by atoms with E-state index in [-0.39, 0.29) is 11.5 Å². The molecular weight excluding hydrogens is 336 g/mol. The van der Waals surface area contributed by atoms with Gasteiger partial charge in [0.05, 0.1) is 10.6 Å². The maximum atomic E-state index is 12.0. The second kappa shape index (κ2) is 5.11. The van der Waals surface area contributed by atoms with E-state index in [9.17, 15) is 14.9 Å². The van der Waals surface area contributed by atoms with Gasteiger partial charge >= 0.3 is 0 Å². The van der Waals surface area contributed by atoms with Crippen molar-refractivity contribution < 1.29 is 9.72 Å². The number of carbonyl (C=O) groups excluding carboxylic acids is 1. The van der Waals surface area contributed by atoms with Gasteiger partial charge in [0.15, 0.2) is 5.78 Å². The largest absolute Gasteiger partial charge is 0.316 e. The molecule has 1 aromatic heterocycles. The standard InChI is InChI=1S/C15H13BrN2O3/c1-9-7-11-13(3-2-4-15(11)19)17(9)14-6-5-10(18(20)21)8-12(14)16/h5-8H,2-4H2,1H3. The minimum Gasteiger partial charge on any atom is -0.316 e. The van der Waals surface area contributed by atoms with Crippen LogP contribution in [-0.2, 0) is 6.42 Å². The second-order valence-corrected chi connectivity index (χ2v) is 6.01. The summed E-state index contributed by atoms with van der Waals surface area (Å²) in [5.74, 6) is 0.177. The molecule has 1 heterocycles. The molecule has 0 radical (unpaired) electrons. The molecule has 0 spiro atoms. The van der Waals surface area contributed by atoms with Crippen LogP contribution in [0.4, 0.5) is 5.69 Å². The molecule has 1 aliphatic rings. The van der Waals surface area contributed by atoms with Gasteiger partial charge in [-0.2, -0.15) is 0 Å². The Kier molecular flexibility index (Phi) is 3.41. The van der Waals surface area contributed by atoms with E-state index >= 15 is 0 Å². The van der Waals surface area contributed by atoms with Crippen molar-refractivity contribution in [2.24, 2.45) is 0 Å². The third-order valence-electron chi connectivity index (χ3n) is 3.79. The minimum atomic E-state index is -0.421. The van der Waals surface area contributed by atoms with E-state index in [1.807, 2.05) is 17.6 Å². The number of aromatic nitrogens is 1. The maximum absolute atomic E-state index is 12.0. The highest BCUT2D eigenvalue weighted by atomic mass is 79.9. The van der Waals surface area contributed by atoms with Crippen LogP contribution >= 0.6 is 15.9 Å². The topological polar surface area (TPSA) is 65.1 Å². The van der Waals surface area contributed by atoms with Crippen LogP contribution in [0.25, 0.3) is 5.69 Å². The van der Waals surface area contributed by atoms with Gasteiger partial charge in [0.25, 0.3) is 5.69 Å². The number of nitro groups is 1. The summed E-state index contributed by atoms with van der Waals surface area (Å²) in [6, 6.07) is 6.60. The van der Waals surface area contributed by atoms with Crippen LogP contribution in [0.3, 0.4) is 0 Å². The van der Waals surface area contributed by atoms with E-state index < -0.39 is 4.92 Å². The number of ketones is 1. The molecule has 0 fully saturated rings. The molecule has 0 bridgehead atoms. The van der Waals surface area contributed by atoms with E-state index in [1.165, 1.54) is 12.1 Å². The molecule has 21 heavy (non-hydrogen) atoms. The lowest BCUT2D eigenvalue weighted by atomic mass is 9.96. The van der Waals surface area contributed by atoms with Crippen molar-refractivity contribution in [2.45, 2.75) is 26.2 Å². The van der Waals surface area contributed by atoms with Gasteiger partial charge < -0.3 is 4.57 Å². The predicted octanol–water partition coefficient (Wildman–Crippen LogP) is 3.98. The Labute approximate surface area is 129 Å². The number of carbonyl (C=O) groups is 1. The van der Waals surface area contributed by atoms with Gasteiger partial charge in [0.2, 0.25) is 0 Å². The number of Topliss-reactive ketones (excluding diaryl/α,β-unsaturated/α-hetero) is 1. The first kappa shape index (κ1) is 14.0. The summed E-state index contributed by atoms with van der Waals surface area (Å²) in [5, 5.41) is 10.8. The zero-order valence-corrected chi connectivity index (χ0v) is 13.0. The lowest BCUT2D eigenvalue weighted by Crippen LogP contribution is -2.13. The first-order valence-corrected chi connectivity index (χ1v) is 7.47. The number of hydrogen-bond acceptors (Lipinski definition) is 3. The monoisotopic (exact) mass is 348 g/mol. The van der Waals surface area contributed by atoms with E-state index in [0.29, 0.717) is 10.9 Å². The molecule has 0 N–H and O–H groups in total. The molecule has 108 valence electrons. The second-order valence-electron chi connectivity index (χ2n) is 5.15. The molecule has 5 nitrogen and oxygen atoms in total. The van der Waals surface area contributed by atoms with Crippen molar-refractivity contribution in [3.05, 3.63) is 55.8 Å². The van der Waals surface area contributed by atoms with Crippen LogP contribution in [0.5, 0.6) is 0 Å². The molecule has 1 aliphatic carbocycles. The van der Waals surface area contributed by atoms with Crippen LogP contribution in [0.2, 0.25) is 0 Å². The SMILES string of the molecule is Cc1cc2c(n1-c1ccc([N+](=O)[O-])cc1Br)CCCC2=O. The Bertz CT molecular complexity index is 765. The number of nitrogens with zero attached hydrogens (tertiary/aromatic N) is 2. The number of aryl methyl sites for hydroxylation is 1. The lowest BCUT2D eigenvalue weighted by molar-refractivity contribution is -0.384. The fourth-order valence-electron chi connectivity index (χ4n) is 2.86. The smallest absolute Gasteiger partial charge is 0.270 e. The molecule has 0 saturated heterocycles. The summed E-state index contributed by atoms with van der Waals surface area (Å²) in [7, 11) is 0. The third kappa shape index (κ3) is 2.29. The molecule has 2 aromatic rings. The van der Waals surface area contributed by atoms with E-state index in [1.54, 1.807) is 6.07 Å². The van der Waals surface area contributed by atoms with Crippen LogP contribution in [0.15, 0.2) is 28.7 Å². The summed E-state index contributed by atoms with van der Waals surface area (Å²) in [6.07, 6.45) is 2.29. The first-order chi connectivity index (χ1) is 9.99. The summed E-state index contributed by atoms with van der Waals surface area (Å²) in [5.41, 5.74) is 3.61. The maximum Gasteiger partial charge on any atom is 0.270 e. The molecular formula is C15H13BrN2O3. The predicted molar refractivity (Wildman–Crippen MR) is 82.1 cm³/mol. The summed E-state index contributed by atoms with van der Waals surface area (Å²) >= 11 is 3.40. The van der Waals surface area contributed by atoms with Gasteiger partial charge in [-0.3, -0.25) is 14.9 Å². The normalized spacial score (nSPS) is 14.1. The molecule has 0 amide bonds. The molecule has 0 unspecified atom stereocenters. The number of rotatable bonds is 2. The van der Waals surface area contributed by atoms with E-state index in [4.69, 9.17) is 0 Å². The van der Waals surface area contributed by atoms with Crippen LogP contribution < -0.4 is 0 Å². The molecule has 1 aromatic carbocycles. The average Bonchev–Trinajstić information content (AvgIpc) is 2.77. The van der Waals surface area contributed by atoms with Crippen LogP contribution in [0, 0.1) is 17.0 Å². The Balaban J connectivity index is 2.17. The zero-order valence-electron chi connectivity index (χ0n) is 11.4. The van der Waals surface area contributed by atoms with Crippen molar-refractivity contribution in [1.82, 2.24) is 4.57 Å². The highest BCUT2D eigenvalue weighted by molar-refractivity contribution is 9.10. The lowest BCUT2D eigenvalue weighted by Gasteiger charge is -2.17. The van der Waals surface area contributed by atoms with Gasteiger partial charge in [-0.15, -0.1) is 0 Å². The van der Waals surface area contributed by atoms with Crippen molar-refractivity contribution in [3.63, 3.8) is 0 Å². The molecule has 3 rings (SSSR count). The van der Waals surface area contributed by atoms with Crippen molar-refractivity contribution >= 4 is 27.4 Å². The highest BCUT2D eigenvalue weighted by Crippen LogP contribution is 2.32. The molecule has 0 saturated carbocycles. The van der Waals surface area contributed by atoms with Gasteiger partial charge in [0.1, 0.15) is 0 Å². The third-order valence-corrected chi connectivity index (χ3v) is 4.42. The van der Waals surface area contributed by atoms with Crippen molar-refractivity contribution in [3.8, 4) is 5.69 Å². The van der Waals surface area contributed by atoms with Gasteiger partial charge in [-0.25, -0.2) is 0 Å². The number of hydrogen-bond donors (Lipinski definition) is 0. The molecule has 0 aliphatic heterocycles. The van der Waals surface area contributed by atoms with E-state index in [2.05, 4.69) is 15.9 Å². The number of nitro benzene ring substituents is 1. The van der Waals surface area contributed by atoms with Crippen LogP contribution in [-0.4, -0.2) is 15.3 Å². The minimum absolute atomic E-state index is 0.0420. The van der Waals surface area contributed by atoms with Gasteiger partial charge in [0, 0.05) is 40.0 Å².